The van der Waals surface area contributed by atoms with E-state index in [0.717, 1.165) is 12.0 Å². The molecule has 1 aromatic carbocycles. The van der Waals surface area contributed by atoms with E-state index >= 15 is 0 Å². The summed E-state index contributed by atoms with van der Waals surface area (Å²) in [5.74, 6) is -0.941. The molecule has 0 heterocycles. The van der Waals surface area contributed by atoms with Gasteiger partial charge in [-0.2, -0.15) is 0 Å². The van der Waals surface area contributed by atoms with E-state index < -0.39 is 5.97 Å². The summed E-state index contributed by atoms with van der Waals surface area (Å²) in [4.78, 5) is 11.2. The number of para-hydroxylation sites is 1. The molecule has 3 N–H and O–H groups in total. The average molecular weight is 251 g/mol. The lowest BCUT2D eigenvalue weighted by atomic mass is 9.93. The SMILES string of the molecule is CCC(C)(CCO)Nc1c(C)cccc1C(=O)O. The average Bonchev–Trinajstić information content (AvgIpc) is 2.32. The molecular weight excluding hydrogens is 230 g/mol. The van der Waals surface area contributed by atoms with E-state index in [0.29, 0.717) is 12.1 Å². The second kappa shape index (κ2) is 5.87. The first-order chi connectivity index (χ1) is 8.43. The molecule has 0 amide bonds. The number of carboxylic acids is 1. The molecule has 0 aromatic heterocycles. The summed E-state index contributed by atoms with van der Waals surface area (Å²) in [6.07, 6.45) is 1.39. The molecule has 0 bridgehead atoms. The molecule has 1 rings (SSSR count). The Bertz CT molecular complexity index is 431. The molecule has 0 saturated carbocycles. The van der Waals surface area contributed by atoms with Gasteiger partial charge >= 0.3 is 5.97 Å². The Morgan fingerprint density at radius 1 is 1.44 bits per heavy atom. The van der Waals surface area contributed by atoms with E-state index in [1.165, 1.54) is 0 Å². The highest BCUT2D eigenvalue weighted by atomic mass is 16.4. The largest absolute Gasteiger partial charge is 0.478 e. The van der Waals surface area contributed by atoms with Crippen molar-refractivity contribution in [2.24, 2.45) is 0 Å². The van der Waals surface area contributed by atoms with Gasteiger partial charge in [0.25, 0.3) is 0 Å². The van der Waals surface area contributed by atoms with Gasteiger partial charge in [-0.15, -0.1) is 0 Å². The van der Waals surface area contributed by atoms with E-state index in [1.54, 1.807) is 12.1 Å². The zero-order chi connectivity index (χ0) is 13.8. The van der Waals surface area contributed by atoms with Crippen LogP contribution in [0, 0.1) is 6.92 Å². The number of carbonyl (C=O) groups is 1. The topological polar surface area (TPSA) is 69.6 Å². The Labute approximate surface area is 108 Å². The maximum Gasteiger partial charge on any atom is 0.337 e. The van der Waals surface area contributed by atoms with E-state index in [4.69, 9.17) is 5.11 Å². The first-order valence-electron chi connectivity index (χ1n) is 6.15. The number of aliphatic hydroxyl groups excluding tert-OH is 1. The van der Waals surface area contributed by atoms with Crippen LogP contribution in [0.2, 0.25) is 0 Å². The fourth-order valence-electron chi connectivity index (χ4n) is 1.89. The first kappa shape index (κ1) is 14.5. The van der Waals surface area contributed by atoms with Crippen LogP contribution >= 0.6 is 0 Å². The van der Waals surface area contributed by atoms with Crippen molar-refractivity contribution in [2.75, 3.05) is 11.9 Å². The summed E-state index contributed by atoms with van der Waals surface area (Å²) < 4.78 is 0. The highest BCUT2D eigenvalue weighted by Crippen LogP contribution is 2.27. The zero-order valence-electron chi connectivity index (χ0n) is 11.2. The summed E-state index contributed by atoms with van der Waals surface area (Å²) in [7, 11) is 0. The summed E-state index contributed by atoms with van der Waals surface area (Å²) in [5, 5.41) is 21.6. The van der Waals surface area contributed by atoms with E-state index in [9.17, 15) is 9.90 Å². The molecule has 0 aliphatic carbocycles. The summed E-state index contributed by atoms with van der Waals surface area (Å²) >= 11 is 0. The molecule has 0 aliphatic heterocycles. The third kappa shape index (κ3) is 3.23. The van der Waals surface area contributed by atoms with Gasteiger partial charge in [-0.3, -0.25) is 0 Å². The molecule has 1 unspecified atom stereocenters. The van der Waals surface area contributed by atoms with Gasteiger partial charge in [-0.1, -0.05) is 19.1 Å². The number of aryl methyl sites for hydroxylation is 1. The summed E-state index contributed by atoms with van der Waals surface area (Å²) in [6, 6.07) is 5.20. The summed E-state index contributed by atoms with van der Waals surface area (Å²) in [6.45, 7) is 5.96. The fourth-order valence-corrected chi connectivity index (χ4v) is 1.89. The molecular formula is C14H21NO3. The monoisotopic (exact) mass is 251 g/mol. The molecule has 0 fully saturated rings. The predicted octanol–water partition coefficient (Wildman–Crippen LogP) is 2.66. The van der Waals surface area contributed by atoms with Gasteiger partial charge in [0.2, 0.25) is 0 Å². The van der Waals surface area contributed by atoms with Crippen LogP contribution in [0.1, 0.15) is 42.6 Å². The van der Waals surface area contributed by atoms with Crippen molar-refractivity contribution in [1.29, 1.82) is 0 Å². The predicted molar refractivity (Wildman–Crippen MR) is 72.2 cm³/mol. The van der Waals surface area contributed by atoms with Gasteiger partial charge in [-0.25, -0.2) is 4.79 Å². The van der Waals surface area contributed by atoms with Crippen LogP contribution in [0.15, 0.2) is 18.2 Å². The van der Waals surface area contributed by atoms with Gasteiger partial charge in [-0.05, 0) is 38.3 Å². The number of anilines is 1. The number of rotatable bonds is 6. The van der Waals surface area contributed by atoms with E-state index in [1.807, 2.05) is 26.8 Å². The second-order valence-corrected chi connectivity index (χ2v) is 4.82. The van der Waals surface area contributed by atoms with Gasteiger partial charge in [0.15, 0.2) is 0 Å². The van der Waals surface area contributed by atoms with Gasteiger partial charge < -0.3 is 15.5 Å². The van der Waals surface area contributed by atoms with Crippen molar-refractivity contribution in [3.05, 3.63) is 29.3 Å². The zero-order valence-corrected chi connectivity index (χ0v) is 11.2. The Morgan fingerprint density at radius 2 is 2.11 bits per heavy atom. The minimum atomic E-state index is -0.941. The van der Waals surface area contributed by atoms with Crippen molar-refractivity contribution < 1.29 is 15.0 Å². The molecule has 0 radical (unpaired) electrons. The third-order valence-corrected chi connectivity index (χ3v) is 3.37. The van der Waals surface area contributed by atoms with Crippen LogP contribution in [-0.4, -0.2) is 28.3 Å². The second-order valence-electron chi connectivity index (χ2n) is 4.82. The van der Waals surface area contributed by atoms with Gasteiger partial charge in [0.05, 0.1) is 11.3 Å². The van der Waals surface area contributed by atoms with E-state index in [2.05, 4.69) is 5.32 Å². The smallest absolute Gasteiger partial charge is 0.337 e. The molecule has 18 heavy (non-hydrogen) atoms. The van der Waals surface area contributed by atoms with Crippen molar-refractivity contribution >= 4 is 11.7 Å². The van der Waals surface area contributed by atoms with Crippen molar-refractivity contribution in [3.63, 3.8) is 0 Å². The molecule has 4 heteroatoms. The van der Waals surface area contributed by atoms with Crippen LogP contribution in [0.5, 0.6) is 0 Å². The van der Waals surface area contributed by atoms with Crippen molar-refractivity contribution in [3.8, 4) is 0 Å². The number of nitrogens with one attached hydrogen (secondary N) is 1. The lowest BCUT2D eigenvalue weighted by molar-refractivity contribution is 0.0697. The Balaban J connectivity index is 3.13. The Hall–Kier alpha value is -1.55. The van der Waals surface area contributed by atoms with Crippen LogP contribution < -0.4 is 5.32 Å². The number of aliphatic hydroxyl groups is 1. The van der Waals surface area contributed by atoms with Crippen molar-refractivity contribution in [2.45, 2.75) is 39.2 Å². The highest BCUT2D eigenvalue weighted by Gasteiger charge is 2.24. The van der Waals surface area contributed by atoms with Crippen LogP contribution in [0.4, 0.5) is 5.69 Å². The normalized spacial score (nSPS) is 14.0. The van der Waals surface area contributed by atoms with Crippen LogP contribution in [0.3, 0.4) is 0 Å². The minimum absolute atomic E-state index is 0.0750. The molecule has 4 nitrogen and oxygen atoms in total. The molecule has 0 aliphatic rings. The summed E-state index contributed by atoms with van der Waals surface area (Å²) in [5.41, 5.74) is 1.51. The minimum Gasteiger partial charge on any atom is -0.478 e. The fraction of sp³-hybridized carbons (Fsp3) is 0.500. The number of hydrogen-bond donors (Lipinski definition) is 3. The molecule has 1 atom stereocenters. The van der Waals surface area contributed by atoms with Crippen LogP contribution in [0.25, 0.3) is 0 Å². The molecule has 1 aromatic rings. The third-order valence-electron chi connectivity index (χ3n) is 3.37. The number of carboxylic acid groups (broad SMARTS) is 1. The molecule has 0 spiro atoms. The maximum atomic E-state index is 11.2. The van der Waals surface area contributed by atoms with E-state index in [-0.39, 0.29) is 17.7 Å². The highest BCUT2D eigenvalue weighted by molar-refractivity contribution is 5.95. The van der Waals surface area contributed by atoms with Gasteiger partial charge in [0, 0.05) is 12.1 Å². The Kier molecular flexibility index (Phi) is 4.73. The standard InChI is InChI=1S/C14H21NO3/c1-4-14(3,8-9-16)15-12-10(2)6-5-7-11(12)13(17)18/h5-7,15-16H,4,8-9H2,1-3H3,(H,17,18). The molecule has 0 saturated heterocycles. The van der Waals surface area contributed by atoms with Gasteiger partial charge in [0.1, 0.15) is 0 Å². The quantitative estimate of drug-likeness (QED) is 0.727. The lowest BCUT2D eigenvalue weighted by Gasteiger charge is -2.31. The number of hydrogen-bond acceptors (Lipinski definition) is 3. The number of benzene rings is 1. The first-order valence-corrected chi connectivity index (χ1v) is 6.15. The lowest BCUT2D eigenvalue weighted by Crippen LogP contribution is -2.36. The maximum absolute atomic E-state index is 11.2. The van der Waals surface area contributed by atoms with Crippen LogP contribution in [-0.2, 0) is 0 Å². The molecule has 100 valence electrons. The number of aromatic carboxylic acids is 1. The van der Waals surface area contributed by atoms with Crippen molar-refractivity contribution in [1.82, 2.24) is 0 Å². The Morgan fingerprint density at radius 3 is 2.61 bits per heavy atom.